The molecule has 2 aromatic rings. The van der Waals surface area contributed by atoms with Gasteiger partial charge in [0.2, 0.25) is 0 Å². The Kier molecular flexibility index (Phi) is 5.18. The first kappa shape index (κ1) is 15.9. The Bertz CT molecular complexity index is 659. The molecular formula is C17H21ClN4O. The summed E-state index contributed by atoms with van der Waals surface area (Å²) in [6.45, 7) is 0. The molecule has 23 heavy (non-hydrogen) atoms. The lowest BCUT2D eigenvalue weighted by molar-refractivity contribution is 0.415. The van der Waals surface area contributed by atoms with Crippen molar-refractivity contribution in [3.05, 3.63) is 35.6 Å². The second kappa shape index (κ2) is 7.51. The number of hydrogen-bond acceptors (Lipinski definition) is 5. The number of nitrogens with zero attached hydrogens (tertiary/aromatic N) is 2. The first-order valence-electron chi connectivity index (χ1n) is 7.94. The average Bonchev–Trinajstić information content (AvgIpc) is 2.56. The summed E-state index contributed by atoms with van der Waals surface area (Å²) in [5.74, 6) is 2.24. The van der Waals surface area contributed by atoms with Gasteiger partial charge in [-0.25, -0.2) is 9.97 Å². The topological polar surface area (TPSA) is 59.1 Å². The highest BCUT2D eigenvalue weighted by Crippen LogP contribution is 2.29. The SMILES string of the molecule is COc1ccc(Nc2cc(NC3CCCCC3)ncn2)cc1Cl. The molecule has 0 bridgehead atoms. The molecule has 6 heteroatoms. The third-order valence-corrected chi connectivity index (χ3v) is 4.34. The Balaban J connectivity index is 1.68. The van der Waals surface area contributed by atoms with Crippen molar-refractivity contribution in [3.8, 4) is 5.75 Å². The highest BCUT2D eigenvalue weighted by Gasteiger charge is 2.13. The van der Waals surface area contributed by atoms with Gasteiger partial charge in [0.25, 0.3) is 0 Å². The predicted molar refractivity (Wildman–Crippen MR) is 93.8 cm³/mol. The van der Waals surface area contributed by atoms with Crippen LogP contribution in [0.4, 0.5) is 17.3 Å². The van der Waals surface area contributed by atoms with Gasteiger partial charge in [-0.05, 0) is 31.0 Å². The predicted octanol–water partition coefficient (Wildman–Crippen LogP) is 4.63. The van der Waals surface area contributed by atoms with Crippen molar-refractivity contribution in [2.45, 2.75) is 38.1 Å². The number of hydrogen-bond donors (Lipinski definition) is 2. The Hall–Kier alpha value is -2.01. The molecule has 1 heterocycles. The highest BCUT2D eigenvalue weighted by atomic mass is 35.5. The normalized spacial score (nSPS) is 15.2. The van der Waals surface area contributed by atoms with Gasteiger partial charge in [0.15, 0.2) is 0 Å². The molecule has 1 aliphatic rings. The summed E-state index contributed by atoms with van der Waals surface area (Å²) in [6, 6.07) is 7.99. The molecule has 1 saturated carbocycles. The van der Waals surface area contributed by atoms with Crippen LogP contribution in [0.25, 0.3) is 0 Å². The van der Waals surface area contributed by atoms with Crippen LogP contribution in [-0.4, -0.2) is 23.1 Å². The standard InChI is InChI=1S/C17H21ClN4O/c1-23-15-8-7-13(9-14(15)18)22-17-10-16(19-11-20-17)21-12-5-3-2-4-6-12/h7-12H,2-6H2,1H3,(H2,19,20,21,22). The zero-order valence-corrected chi connectivity index (χ0v) is 13.9. The van der Waals surface area contributed by atoms with Crippen LogP contribution in [0.5, 0.6) is 5.75 Å². The fourth-order valence-electron chi connectivity index (χ4n) is 2.85. The van der Waals surface area contributed by atoms with Crippen molar-refractivity contribution in [1.29, 1.82) is 0 Å². The first-order chi connectivity index (χ1) is 11.2. The van der Waals surface area contributed by atoms with Gasteiger partial charge in [0.1, 0.15) is 23.7 Å². The van der Waals surface area contributed by atoms with Gasteiger partial charge in [-0.1, -0.05) is 30.9 Å². The van der Waals surface area contributed by atoms with Gasteiger partial charge in [0.05, 0.1) is 12.1 Å². The molecule has 1 aliphatic carbocycles. The van der Waals surface area contributed by atoms with E-state index in [2.05, 4.69) is 20.6 Å². The van der Waals surface area contributed by atoms with E-state index in [1.54, 1.807) is 13.4 Å². The zero-order chi connectivity index (χ0) is 16.1. The number of nitrogens with one attached hydrogen (secondary N) is 2. The summed E-state index contributed by atoms with van der Waals surface area (Å²) in [5, 5.41) is 7.30. The van der Waals surface area contributed by atoms with Crippen LogP contribution in [0.3, 0.4) is 0 Å². The Morgan fingerprint density at radius 2 is 1.87 bits per heavy atom. The summed E-state index contributed by atoms with van der Waals surface area (Å²) < 4.78 is 5.16. The fourth-order valence-corrected chi connectivity index (χ4v) is 3.11. The maximum Gasteiger partial charge on any atom is 0.137 e. The lowest BCUT2D eigenvalue weighted by atomic mass is 9.95. The van der Waals surface area contributed by atoms with E-state index in [4.69, 9.17) is 16.3 Å². The lowest BCUT2D eigenvalue weighted by Crippen LogP contribution is -2.22. The number of aromatic nitrogens is 2. The van der Waals surface area contributed by atoms with E-state index in [0.717, 1.165) is 17.3 Å². The maximum absolute atomic E-state index is 6.15. The Morgan fingerprint density at radius 3 is 2.61 bits per heavy atom. The first-order valence-corrected chi connectivity index (χ1v) is 8.31. The Labute approximate surface area is 141 Å². The van der Waals surface area contributed by atoms with Gasteiger partial charge in [-0.15, -0.1) is 0 Å². The summed E-state index contributed by atoms with van der Waals surface area (Å²) in [7, 11) is 1.60. The van der Waals surface area contributed by atoms with Crippen LogP contribution in [0, 0.1) is 0 Å². The van der Waals surface area contributed by atoms with E-state index in [0.29, 0.717) is 16.8 Å². The van der Waals surface area contributed by atoms with Gasteiger partial charge in [-0.3, -0.25) is 0 Å². The van der Waals surface area contributed by atoms with Crippen molar-refractivity contribution < 1.29 is 4.74 Å². The maximum atomic E-state index is 6.15. The summed E-state index contributed by atoms with van der Waals surface area (Å²) in [5.41, 5.74) is 0.859. The van der Waals surface area contributed by atoms with Gasteiger partial charge >= 0.3 is 0 Å². The molecule has 3 rings (SSSR count). The minimum Gasteiger partial charge on any atom is -0.495 e. The Morgan fingerprint density at radius 1 is 1.09 bits per heavy atom. The number of halogens is 1. The lowest BCUT2D eigenvalue weighted by Gasteiger charge is -2.23. The van der Waals surface area contributed by atoms with Crippen LogP contribution in [0.15, 0.2) is 30.6 Å². The summed E-state index contributed by atoms with van der Waals surface area (Å²) >= 11 is 6.15. The van der Waals surface area contributed by atoms with E-state index in [9.17, 15) is 0 Å². The number of rotatable bonds is 5. The van der Waals surface area contributed by atoms with Crippen LogP contribution >= 0.6 is 11.6 Å². The van der Waals surface area contributed by atoms with Crippen molar-refractivity contribution in [2.24, 2.45) is 0 Å². The third-order valence-electron chi connectivity index (χ3n) is 4.05. The van der Waals surface area contributed by atoms with Crippen LogP contribution in [-0.2, 0) is 0 Å². The quantitative estimate of drug-likeness (QED) is 0.836. The zero-order valence-electron chi connectivity index (χ0n) is 13.2. The molecule has 0 radical (unpaired) electrons. The average molecular weight is 333 g/mol. The van der Waals surface area contributed by atoms with Crippen molar-refractivity contribution in [3.63, 3.8) is 0 Å². The molecule has 0 unspecified atom stereocenters. The van der Waals surface area contributed by atoms with Gasteiger partial charge in [-0.2, -0.15) is 0 Å². The summed E-state index contributed by atoms with van der Waals surface area (Å²) in [4.78, 5) is 8.58. The van der Waals surface area contributed by atoms with Gasteiger partial charge < -0.3 is 15.4 Å². The fraction of sp³-hybridized carbons (Fsp3) is 0.412. The van der Waals surface area contributed by atoms with E-state index in [1.807, 2.05) is 24.3 Å². The summed E-state index contributed by atoms with van der Waals surface area (Å²) in [6.07, 6.45) is 7.91. The van der Waals surface area contributed by atoms with Crippen LogP contribution < -0.4 is 15.4 Å². The molecule has 1 aromatic carbocycles. The smallest absolute Gasteiger partial charge is 0.137 e. The third kappa shape index (κ3) is 4.26. The minimum absolute atomic E-state index is 0.516. The van der Waals surface area contributed by atoms with E-state index in [1.165, 1.54) is 32.1 Å². The molecule has 2 N–H and O–H groups in total. The molecule has 0 spiro atoms. The molecule has 1 fully saturated rings. The molecule has 0 aliphatic heterocycles. The molecular weight excluding hydrogens is 312 g/mol. The van der Waals surface area contributed by atoms with Crippen molar-refractivity contribution >= 4 is 28.9 Å². The monoisotopic (exact) mass is 332 g/mol. The van der Waals surface area contributed by atoms with Gasteiger partial charge in [0, 0.05) is 17.8 Å². The van der Waals surface area contributed by atoms with Crippen LogP contribution in [0.1, 0.15) is 32.1 Å². The second-order valence-corrected chi connectivity index (χ2v) is 6.15. The van der Waals surface area contributed by atoms with Crippen LogP contribution in [0.2, 0.25) is 5.02 Å². The largest absolute Gasteiger partial charge is 0.495 e. The minimum atomic E-state index is 0.516. The molecule has 5 nitrogen and oxygen atoms in total. The molecule has 122 valence electrons. The molecule has 0 saturated heterocycles. The van der Waals surface area contributed by atoms with E-state index >= 15 is 0 Å². The molecule has 0 amide bonds. The number of ether oxygens (including phenoxy) is 1. The number of benzene rings is 1. The second-order valence-electron chi connectivity index (χ2n) is 5.74. The molecule has 0 atom stereocenters. The number of methoxy groups -OCH3 is 1. The highest BCUT2D eigenvalue weighted by molar-refractivity contribution is 6.32. The van der Waals surface area contributed by atoms with E-state index < -0.39 is 0 Å². The van der Waals surface area contributed by atoms with Crippen molar-refractivity contribution in [2.75, 3.05) is 17.7 Å². The molecule has 1 aromatic heterocycles. The van der Waals surface area contributed by atoms with Crippen molar-refractivity contribution in [1.82, 2.24) is 9.97 Å². The number of anilines is 3. The van der Waals surface area contributed by atoms with E-state index in [-0.39, 0.29) is 0 Å².